The van der Waals surface area contributed by atoms with Gasteiger partial charge < -0.3 is 15.5 Å². The summed E-state index contributed by atoms with van der Waals surface area (Å²) in [5, 5.41) is 6.03. The Kier molecular flexibility index (Phi) is 7.35. The van der Waals surface area contributed by atoms with Crippen LogP contribution in [0.2, 0.25) is 0 Å². The molecule has 0 saturated carbocycles. The lowest BCUT2D eigenvalue weighted by atomic mass is 9.95. The SMILES string of the molecule is CCC(C(=O)Nc1ccc(N2CCCC2)c(C(=O)NCc2cccnc2)c1)c1ccccc1. The van der Waals surface area contributed by atoms with Crippen molar-refractivity contribution in [3.63, 3.8) is 0 Å². The van der Waals surface area contributed by atoms with Crippen LogP contribution in [0.1, 0.15) is 53.6 Å². The lowest BCUT2D eigenvalue weighted by Gasteiger charge is -2.22. The monoisotopic (exact) mass is 442 g/mol. The minimum Gasteiger partial charge on any atom is -0.371 e. The first-order chi connectivity index (χ1) is 16.2. The van der Waals surface area contributed by atoms with Crippen LogP contribution in [0.4, 0.5) is 11.4 Å². The zero-order chi connectivity index (χ0) is 23.0. The van der Waals surface area contributed by atoms with Crippen molar-refractivity contribution in [2.24, 2.45) is 0 Å². The number of rotatable bonds is 8. The summed E-state index contributed by atoms with van der Waals surface area (Å²) < 4.78 is 0. The Morgan fingerprint density at radius 3 is 2.52 bits per heavy atom. The number of pyridine rings is 1. The van der Waals surface area contributed by atoms with Crippen molar-refractivity contribution in [2.75, 3.05) is 23.3 Å². The molecule has 2 heterocycles. The number of hydrogen-bond acceptors (Lipinski definition) is 4. The number of carbonyl (C=O) groups excluding carboxylic acids is 2. The molecule has 2 N–H and O–H groups in total. The topological polar surface area (TPSA) is 74.3 Å². The molecule has 4 rings (SSSR count). The molecule has 0 aliphatic carbocycles. The molecular formula is C27H30N4O2. The zero-order valence-electron chi connectivity index (χ0n) is 19.0. The molecular weight excluding hydrogens is 412 g/mol. The molecule has 1 aromatic heterocycles. The van der Waals surface area contributed by atoms with Crippen molar-refractivity contribution in [1.82, 2.24) is 10.3 Å². The molecule has 1 aliphatic heterocycles. The first-order valence-electron chi connectivity index (χ1n) is 11.6. The van der Waals surface area contributed by atoms with Crippen LogP contribution in [-0.4, -0.2) is 29.9 Å². The van der Waals surface area contributed by atoms with Gasteiger partial charge in [-0.05, 0) is 54.7 Å². The van der Waals surface area contributed by atoms with Crippen LogP contribution in [0.15, 0.2) is 73.1 Å². The molecule has 6 heteroatoms. The van der Waals surface area contributed by atoms with E-state index in [1.54, 1.807) is 18.5 Å². The second-order valence-electron chi connectivity index (χ2n) is 8.33. The standard InChI is InChI=1S/C27H30N4O2/c1-2-23(21-10-4-3-5-11-21)27(33)30-22-12-13-25(31-15-6-7-16-31)24(17-22)26(32)29-19-20-9-8-14-28-18-20/h3-5,8-14,17-18,23H,2,6-7,15-16,19H2,1H3,(H,29,32)(H,30,33). The lowest BCUT2D eigenvalue weighted by Crippen LogP contribution is -2.28. The van der Waals surface area contributed by atoms with E-state index in [-0.39, 0.29) is 17.7 Å². The number of nitrogens with one attached hydrogen (secondary N) is 2. The molecule has 170 valence electrons. The Balaban J connectivity index is 1.55. The van der Waals surface area contributed by atoms with Gasteiger partial charge in [-0.2, -0.15) is 0 Å². The molecule has 33 heavy (non-hydrogen) atoms. The normalized spacial score (nSPS) is 14.0. The summed E-state index contributed by atoms with van der Waals surface area (Å²) in [6, 6.07) is 19.2. The van der Waals surface area contributed by atoms with E-state index in [4.69, 9.17) is 0 Å². The van der Waals surface area contributed by atoms with Crippen molar-refractivity contribution in [1.29, 1.82) is 0 Å². The summed E-state index contributed by atoms with van der Waals surface area (Å²) in [5.74, 6) is -0.474. The molecule has 1 saturated heterocycles. The van der Waals surface area contributed by atoms with Crippen LogP contribution in [0.5, 0.6) is 0 Å². The Morgan fingerprint density at radius 1 is 1.03 bits per heavy atom. The predicted octanol–water partition coefficient (Wildman–Crippen LogP) is 4.74. The van der Waals surface area contributed by atoms with Crippen molar-refractivity contribution < 1.29 is 9.59 Å². The number of hydrogen-bond donors (Lipinski definition) is 2. The molecule has 2 amide bonds. The highest BCUT2D eigenvalue weighted by Gasteiger charge is 2.22. The Hall–Kier alpha value is -3.67. The summed E-state index contributed by atoms with van der Waals surface area (Å²) in [5.41, 5.74) is 4.03. The molecule has 0 radical (unpaired) electrons. The van der Waals surface area contributed by atoms with Gasteiger partial charge in [0.2, 0.25) is 5.91 Å². The molecule has 6 nitrogen and oxygen atoms in total. The van der Waals surface area contributed by atoms with Gasteiger partial charge in [-0.3, -0.25) is 14.6 Å². The number of amides is 2. The maximum atomic E-state index is 13.2. The number of nitrogens with zero attached hydrogens (tertiary/aromatic N) is 2. The number of benzene rings is 2. The van der Waals surface area contributed by atoms with E-state index in [1.807, 2.05) is 61.5 Å². The van der Waals surface area contributed by atoms with Crippen LogP contribution in [0.3, 0.4) is 0 Å². The minimum absolute atomic E-state index is 0.0701. The molecule has 1 aliphatic rings. The Labute approximate surface area is 195 Å². The van der Waals surface area contributed by atoms with Crippen molar-refractivity contribution in [3.05, 3.63) is 89.7 Å². The molecule has 2 aromatic carbocycles. The summed E-state index contributed by atoms with van der Waals surface area (Å²) >= 11 is 0. The average molecular weight is 443 g/mol. The number of aromatic nitrogens is 1. The second kappa shape index (κ2) is 10.8. The van der Waals surface area contributed by atoms with E-state index >= 15 is 0 Å². The van der Waals surface area contributed by atoms with Crippen molar-refractivity contribution in [3.8, 4) is 0 Å². The third-order valence-electron chi connectivity index (χ3n) is 6.06. The smallest absolute Gasteiger partial charge is 0.253 e. The van der Waals surface area contributed by atoms with Gasteiger partial charge in [-0.1, -0.05) is 43.3 Å². The highest BCUT2D eigenvalue weighted by molar-refractivity contribution is 6.02. The molecule has 0 bridgehead atoms. The van der Waals surface area contributed by atoms with E-state index in [1.165, 1.54) is 0 Å². The van der Waals surface area contributed by atoms with Crippen LogP contribution >= 0.6 is 0 Å². The second-order valence-corrected chi connectivity index (χ2v) is 8.33. The van der Waals surface area contributed by atoms with Crippen LogP contribution < -0.4 is 15.5 Å². The fourth-order valence-corrected chi connectivity index (χ4v) is 4.30. The third-order valence-corrected chi connectivity index (χ3v) is 6.06. The van der Waals surface area contributed by atoms with E-state index in [0.29, 0.717) is 24.2 Å². The molecule has 1 atom stereocenters. The Bertz CT molecular complexity index is 1080. The fraction of sp³-hybridized carbons (Fsp3) is 0.296. The van der Waals surface area contributed by atoms with E-state index in [2.05, 4.69) is 20.5 Å². The molecule has 3 aromatic rings. The largest absolute Gasteiger partial charge is 0.371 e. The van der Waals surface area contributed by atoms with Gasteiger partial charge in [0.1, 0.15) is 0 Å². The van der Waals surface area contributed by atoms with Crippen molar-refractivity contribution in [2.45, 2.75) is 38.6 Å². The first-order valence-corrected chi connectivity index (χ1v) is 11.6. The van der Waals surface area contributed by atoms with E-state index in [0.717, 1.165) is 42.7 Å². The summed E-state index contributed by atoms with van der Waals surface area (Å²) in [6.07, 6.45) is 6.38. The van der Waals surface area contributed by atoms with Gasteiger partial charge in [-0.15, -0.1) is 0 Å². The molecule has 1 fully saturated rings. The Morgan fingerprint density at radius 2 is 1.82 bits per heavy atom. The van der Waals surface area contributed by atoms with E-state index < -0.39 is 0 Å². The number of carbonyl (C=O) groups is 2. The maximum absolute atomic E-state index is 13.2. The molecule has 0 spiro atoms. The lowest BCUT2D eigenvalue weighted by molar-refractivity contribution is -0.117. The third kappa shape index (κ3) is 5.58. The minimum atomic E-state index is -0.243. The van der Waals surface area contributed by atoms with Gasteiger partial charge in [0.15, 0.2) is 0 Å². The predicted molar refractivity (Wildman–Crippen MR) is 131 cm³/mol. The summed E-state index contributed by atoms with van der Waals surface area (Å²) in [6.45, 7) is 4.26. The van der Waals surface area contributed by atoms with Crippen LogP contribution in [0.25, 0.3) is 0 Å². The fourth-order valence-electron chi connectivity index (χ4n) is 4.30. The van der Waals surface area contributed by atoms with Crippen LogP contribution in [-0.2, 0) is 11.3 Å². The zero-order valence-corrected chi connectivity index (χ0v) is 19.0. The number of anilines is 2. The average Bonchev–Trinajstić information content (AvgIpc) is 3.39. The maximum Gasteiger partial charge on any atom is 0.253 e. The summed E-state index contributed by atoms with van der Waals surface area (Å²) in [4.78, 5) is 32.6. The van der Waals surface area contributed by atoms with Gasteiger partial charge in [0.25, 0.3) is 5.91 Å². The van der Waals surface area contributed by atoms with E-state index in [9.17, 15) is 9.59 Å². The molecule has 1 unspecified atom stereocenters. The van der Waals surface area contributed by atoms with Crippen LogP contribution in [0, 0.1) is 0 Å². The van der Waals surface area contributed by atoms with Crippen molar-refractivity contribution >= 4 is 23.2 Å². The highest BCUT2D eigenvalue weighted by atomic mass is 16.2. The van der Waals surface area contributed by atoms with Gasteiger partial charge in [0, 0.05) is 43.4 Å². The van der Waals surface area contributed by atoms with Gasteiger partial charge in [0.05, 0.1) is 11.5 Å². The highest BCUT2D eigenvalue weighted by Crippen LogP contribution is 2.29. The van der Waals surface area contributed by atoms with Gasteiger partial charge in [-0.25, -0.2) is 0 Å². The quantitative estimate of drug-likeness (QED) is 0.528. The summed E-state index contributed by atoms with van der Waals surface area (Å²) in [7, 11) is 0. The first kappa shape index (κ1) is 22.5. The van der Waals surface area contributed by atoms with Gasteiger partial charge >= 0.3 is 0 Å².